The van der Waals surface area contributed by atoms with E-state index >= 15 is 0 Å². The molecule has 152 valence electrons. The molecule has 4 rings (SSSR count). The van der Waals surface area contributed by atoms with Crippen molar-refractivity contribution >= 4 is 28.4 Å². The first-order valence-electron chi connectivity index (χ1n) is 10.1. The average molecular weight is 412 g/mol. The second-order valence-electron chi connectivity index (χ2n) is 7.75. The highest BCUT2D eigenvalue weighted by atomic mass is 35.5. The Balaban J connectivity index is 1.28. The molecule has 2 heterocycles. The van der Waals surface area contributed by atoms with Crippen molar-refractivity contribution in [3.05, 3.63) is 70.9 Å². The molecule has 0 aliphatic carbocycles. The molecule has 1 aliphatic heterocycles. The third kappa shape index (κ3) is 5.18. The van der Waals surface area contributed by atoms with Crippen LogP contribution in [-0.4, -0.2) is 39.7 Å². The number of aliphatic hydroxyl groups excluding tert-OH is 1. The molecule has 0 bridgehead atoms. The fourth-order valence-electron chi connectivity index (χ4n) is 3.80. The highest BCUT2D eigenvalue weighted by Crippen LogP contribution is 2.20. The van der Waals surface area contributed by atoms with Gasteiger partial charge in [-0.1, -0.05) is 41.9 Å². The van der Waals surface area contributed by atoms with E-state index in [4.69, 9.17) is 11.6 Å². The van der Waals surface area contributed by atoms with Gasteiger partial charge in [-0.3, -0.25) is 9.69 Å². The van der Waals surface area contributed by atoms with Crippen LogP contribution in [0.25, 0.3) is 10.9 Å². The summed E-state index contributed by atoms with van der Waals surface area (Å²) in [6, 6.07) is 16.1. The quantitative estimate of drug-likeness (QED) is 0.652. The molecule has 0 radical (unpaired) electrons. The van der Waals surface area contributed by atoms with Crippen LogP contribution >= 0.6 is 11.6 Å². The Kier molecular flexibility index (Phi) is 6.19. The van der Waals surface area contributed by atoms with E-state index in [1.54, 1.807) is 0 Å². The van der Waals surface area contributed by atoms with Crippen LogP contribution in [0.15, 0.2) is 54.7 Å². The first-order valence-corrected chi connectivity index (χ1v) is 10.4. The molecule has 2 N–H and O–H groups in total. The van der Waals surface area contributed by atoms with Gasteiger partial charge >= 0.3 is 0 Å². The Morgan fingerprint density at radius 1 is 1.07 bits per heavy atom. The van der Waals surface area contributed by atoms with E-state index in [0.717, 1.165) is 48.9 Å². The summed E-state index contributed by atoms with van der Waals surface area (Å²) >= 11 is 6.08. The van der Waals surface area contributed by atoms with Gasteiger partial charge in [0.25, 0.3) is 0 Å². The zero-order valence-corrected chi connectivity index (χ0v) is 17.1. The van der Waals surface area contributed by atoms with Crippen LogP contribution < -0.4 is 5.32 Å². The first kappa shape index (κ1) is 20.0. The average Bonchev–Trinajstić information content (AvgIpc) is 3.11. The fraction of sp³-hybridized carbons (Fsp3) is 0.348. The molecule has 1 aromatic heterocycles. The molecule has 1 aliphatic rings. The van der Waals surface area contributed by atoms with Crippen molar-refractivity contribution in [1.29, 1.82) is 0 Å². The van der Waals surface area contributed by atoms with E-state index in [0.29, 0.717) is 11.6 Å². The van der Waals surface area contributed by atoms with Crippen molar-refractivity contribution in [3.63, 3.8) is 0 Å². The summed E-state index contributed by atoms with van der Waals surface area (Å²) in [6.45, 7) is 3.57. The maximum atomic E-state index is 12.4. The number of fused-ring (bicyclic) bond motifs is 1. The second kappa shape index (κ2) is 8.99. The van der Waals surface area contributed by atoms with Crippen molar-refractivity contribution < 1.29 is 9.90 Å². The molecule has 1 fully saturated rings. The minimum atomic E-state index is -0.140. The Morgan fingerprint density at radius 3 is 2.55 bits per heavy atom. The Bertz CT molecular complexity index is 975. The second-order valence-corrected chi connectivity index (χ2v) is 8.18. The van der Waals surface area contributed by atoms with Gasteiger partial charge in [0, 0.05) is 42.9 Å². The van der Waals surface area contributed by atoms with Gasteiger partial charge in [-0.2, -0.15) is 0 Å². The number of hydrogen-bond donors (Lipinski definition) is 2. The lowest BCUT2D eigenvalue weighted by molar-refractivity contribution is -0.121. The number of hydrogen-bond acceptors (Lipinski definition) is 3. The lowest BCUT2D eigenvalue weighted by Crippen LogP contribution is -2.35. The Morgan fingerprint density at radius 2 is 1.79 bits per heavy atom. The molecule has 3 aromatic rings. The van der Waals surface area contributed by atoms with Gasteiger partial charge < -0.3 is 15.0 Å². The lowest BCUT2D eigenvalue weighted by Gasteiger charge is -2.29. The number of likely N-dealkylation sites (tertiary alicyclic amines) is 1. The molecule has 1 amide bonds. The fourth-order valence-corrected chi connectivity index (χ4v) is 3.97. The molecule has 1 saturated heterocycles. The summed E-state index contributed by atoms with van der Waals surface area (Å²) in [6.07, 6.45) is 3.48. The number of piperidine rings is 1. The summed E-state index contributed by atoms with van der Waals surface area (Å²) in [7, 11) is 0. The Labute approximate surface area is 175 Å². The number of nitrogens with zero attached hydrogens (tertiary/aromatic N) is 2. The van der Waals surface area contributed by atoms with Crippen LogP contribution in [0.3, 0.4) is 0 Å². The first-order chi connectivity index (χ1) is 14.1. The predicted molar refractivity (Wildman–Crippen MR) is 116 cm³/mol. The number of halogens is 1. The van der Waals surface area contributed by atoms with Crippen molar-refractivity contribution in [1.82, 2.24) is 14.8 Å². The highest BCUT2D eigenvalue weighted by Gasteiger charge is 2.16. The van der Waals surface area contributed by atoms with Crippen LogP contribution in [0.4, 0.5) is 0 Å². The summed E-state index contributed by atoms with van der Waals surface area (Å²) in [5, 5.41) is 14.3. The third-order valence-corrected chi connectivity index (χ3v) is 5.76. The van der Waals surface area contributed by atoms with Gasteiger partial charge in [0.2, 0.25) is 5.91 Å². The molecule has 0 unspecified atom stereocenters. The number of aliphatic hydroxyl groups is 1. The van der Waals surface area contributed by atoms with E-state index in [2.05, 4.69) is 34.5 Å². The van der Waals surface area contributed by atoms with Gasteiger partial charge in [0.15, 0.2) is 0 Å². The van der Waals surface area contributed by atoms with Crippen molar-refractivity contribution in [2.45, 2.75) is 38.6 Å². The Hall–Kier alpha value is -2.34. The normalized spacial score (nSPS) is 15.7. The van der Waals surface area contributed by atoms with E-state index in [1.165, 1.54) is 5.56 Å². The standard InChI is InChI=1S/C23H26ClN3O2/c24-20-6-5-19-7-12-27(22(19)13-20)16-23(29)25-14-17-1-3-18(4-2-17)15-26-10-8-21(28)9-11-26/h1-7,12-13,21,28H,8-11,14-16H2,(H,25,29). The minimum Gasteiger partial charge on any atom is -0.393 e. The molecule has 6 heteroatoms. The van der Waals surface area contributed by atoms with Crippen molar-refractivity contribution in [2.75, 3.05) is 13.1 Å². The summed E-state index contributed by atoms with van der Waals surface area (Å²) < 4.78 is 1.91. The smallest absolute Gasteiger partial charge is 0.240 e. The molecule has 5 nitrogen and oxygen atoms in total. The molecular weight excluding hydrogens is 386 g/mol. The van der Waals surface area contributed by atoms with Crippen LogP contribution in [0.5, 0.6) is 0 Å². The highest BCUT2D eigenvalue weighted by molar-refractivity contribution is 6.31. The number of aromatic nitrogens is 1. The monoisotopic (exact) mass is 411 g/mol. The van der Waals surface area contributed by atoms with E-state index < -0.39 is 0 Å². The van der Waals surface area contributed by atoms with Crippen LogP contribution in [0.1, 0.15) is 24.0 Å². The van der Waals surface area contributed by atoms with E-state index in [9.17, 15) is 9.90 Å². The van der Waals surface area contributed by atoms with Crippen LogP contribution in [0.2, 0.25) is 5.02 Å². The summed E-state index contributed by atoms with van der Waals surface area (Å²) in [4.78, 5) is 14.7. The molecule has 0 atom stereocenters. The van der Waals surface area contributed by atoms with Crippen molar-refractivity contribution in [2.24, 2.45) is 0 Å². The summed E-state index contributed by atoms with van der Waals surface area (Å²) in [5.41, 5.74) is 3.30. The molecule has 29 heavy (non-hydrogen) atoms. The number of rotatable bonds is 6. The van der Waals surface area contributed by atoms with E-state index in [1.807, 2.05) is 35.0 Å². The lowest BCUT2D eigenvalue weighted by atomic mass is 10.1. The van der Waals surface area contributed by atoms with Gasteiger partial charge in [-0.25, -0.2) is 0 Å². The maximum Gasteiger partial charge on any atom is 0.240 e. The number of nitrogens with one attached hydrogen (secondary N) is 1. The topological polar surface area (TPSA) is 57.5 Å². The zero-order chi connectivity index (χ0) is 20.2. The maximum absolute atomic E-state index is 12.4. The van der Waals surface area contributed by atoms with E-state index in [-0.39, 0.29) is 18.6 Å². The number of carbonyl (C=O) groups is 1. The molecular formula is C23H26ClN3O2. The third-order valence-electron chi connectivity index (χ3n) is 5.53. The zero-order valence-electron chi connectivity index (χ0n) is 16.4. The molecule has 0 saturated carbocycles. The van der Waals surface area contributed by atoms with Crippen LogP contribution in [0, 0.1) is 0 Å². The number of amides is 1. The molecule has 2 aromatic carbocycles. The van der Waals surface area contributed by atoms with Crippen LogP contribution in [-0.2, 0) is 24.4 Å². The minimum absolute atomic E-state index is 0.0292. The van der Waals surface area contributed by atoms with Gasteiger partial charge in [-0.05, 0) is 47.6 Å². The summed E-state index contributed by atoms with van der Waals surface area (Å²) in [5.74, 6) is -0.0292. The van der Waals surface area contributed by atoms with Gasteiger partial charge in [0.1, 0.15) is 6.54 Å². The predicted octanol–water partition coefficient (Wildman–Crippen LogP) is 3.57. The van der Waals surface area contributed by atoms with Gasteiger partial charge in [-0.15, -0.1) is 0 Å². The number of benzene rings is 2. The number of carbonyl (C=O) groups excluding carboxylic acids is 1. The SMILES string of the molecule is O=C(Cn1ccc2ccc(Cl)cc21)NCc1ccc(CN2CCC(O)CC2)cc1. The van der Waals surface area contributed by atoms with Crippen molar-refractivity contribution in [3.8, 4) is 0 Å². The largest absolute Gasteiger partial charge is 0.393 e. The van der Waals surface area contributed by atoms with Gasteiger partial charge in [0.05, 0.1) is 6.10 Å². The molecule has 0 spiro atoms.